The van der Waals surface area contributed by atoms with Crippen molar-refractivity contribution in [2.24, 2.45) is 57.8 Å². The maximum atomic E-state index is 13.5. The fourth-order valence-corrected chi connectivity index (χ4v) is 12.5. The first kappa shape index (κ1) is 39.2. The number of carbonyl (C=O) groups is 3. The number of carbonyl (C=O) groups excluding carboxylic acids is 2. The summed E-state index contributed by atoms with van der Waals surface area (Å²) in [6.45, 7) is 12.4. The van der Waals surface area contributed by atoms with Crippen molar-refractivity contribution in [1.29, 1.82) is 0 Å². The molecule has 0 saturated heterocycles. The van der Waals surface area contributed by atoms with Gasteiger partial charge in [-0.1, -0.05) is 99.3 Å². The second-order valence-electron chi connectivity index (χ2n) is 16.6. The molecule has 278 valence electrons. The molecule has 10 heteroatoms. The van der Waals surface area contributed by atoms with Crippen LogP contribution in [0, 0.1) is 46.3 Å². The summed E-state index contributed by atoms with van der Waals surface area (Å²) < 4.78 is 11.7. The molecule has 0 aromatic heterocycles. The van der Waals surface area contributed by atoms with Crippen LogP contribution in [0.25, 0.3) is 0 Å². The van der Waals surface area contributed by atoms with Crippen LogP contribution in [0.1, 0.15) is 116 Å². The molecule has 0 heterocycles. The molecule has 10 atom stereocenters. The first-order valence-corrected chi connectivity index (χ1v) is 21.4. The van der Waals surface area contributed by atoms with Gasteiger partial charge in [-0.15, -0.1) is 0 Å². The molecule has 5 rings (SSSR count). The summed E-state index contributed by atoms with van der Waals surface area (Å²) in [7, 11) is 2.49. The Labute approximate surface area is 307 Å². The molecule has 0 radical (unpaired) electrons. The number of para-hydroxylation sites is 1. The van der Waals surface area contributed by atoms with Gasteiger partial charge in [0.25, 0.3) is 0 Å². The maximum Gasteiger partial charge on any atom is 0.342 e. The van der Waals surface area contributed by atoms with Crippen LogP contribution in [0.4, 0.5) is 0 Å². The fraction of sp³-hybridized carbons (Fsp3) is 0.725. The lowest BCUT2D eigenvalue weighted by Crippen LogP contribution is -2.51. The highest BCUT2D eigenvalue weighted by atomic mass is 33.1. The Morgan fingerprint density at radius 1 is 0.940 bits per heavy atom. The lowest BCUT2D eigenvalue weighted by molar-refractivity contribution is -0.138. The maximum absolute atomic E-state index is 13.5. The summed E-state index contributed by atoms with van der Waals surface area (Å²) in [5.41, 5.74) is 13.8. The highest BCUT2D eigenvalue weighted by molar-refractivity contribution is 8.76. The molecule has 0 spiro atoms. The SMILES string of the molecule is CC(C)CCC[C@@H](C)[C@H]1CC[C@H]2[C@@H]3CC=C4CC(OC(=O)c5ccccc5OC(=O)[C@@H](N)CSSCC(N)C(=O)O)CC[C@]4(C)[C@H]3CC[C@]12C. The number of allylic oxidation sites excluding steroid dienone is 1. The molecule has 8 nitrogen and oxygen atoms in total. The van der Waals surface area contributed by atoms with Crippen molar-refractivity contribution in [2.75, 3.05) is 11.5 Å². The van der Waals surface area contributed by atoms with Crippen molar-refractivity contribution in [1.82, 2.24) is 0 Å². The van der Waals surface area contributed by atoms with Crippen molar-refractivity contribution in [2.45, 2.75) is 123 Å². The zero-order chi connectivity index (χ0) is 36.2. The van der Waals surface area contributed by atoms with E-state index in [2.05, 4.69) is 40.7 Å². The Kier molecular flexibility index (Phi) is 13.1. The Hall–Kier alpha value is -2.01. The van der Waals surface area contributed by atoms with E-state index < -0.39 is 30.0 Å². The Morgan fingerprint density at radius 2 is 1.66 bits per heavy atom. The van der Waals surface area contributed by atoms with Crippen LogP contribution in [-0.2, 0) is 14.3 Å². The minimum atomic E-state index is -1.08. The molecule has 3 saturated carbocycles. The molecule has 0 aliphatic heterocycles. The first-order valence-electron chi connectivity index (χ1n) is 18.9. The van der Waals surface area contributed by atoms with E-state index in [1.807, 2.05) is 0 Å². The van der Waals surface area contributed by atoms with E-state index in [1.54, 1.807) is 24.3 Å². The average Bonchev–Trinajstić information content (AvgIpc) is 3.43. The third-order valence-corrected chi connectivity index (χ3v) is 15.5. The van der Waals surface area contributed by atoms with Crippen molar-refractivity contribution < 1.29 is 29.0 Å². The van der Waals surface area contributed by atoms with Gasteiger partial charge in [-0.25, -0.2) is 9.59 Å². The van der Waals surface area contributed by atoms with Gasteiger partial charge in [0.05, 0.1) is 0 Å². The van der Waals surface area contributed by atoms with Gasteiger partial charge in [0.1, 0.15) is 29.5 Å². The van der Waals surface area contributed by atoms with Crippen molar-refractivity contribution >= 4 is 39.5 Å². The topological polar surface area (TPSA) is 142 Å². The number of hydrogen-bond acceptors (Lipinski definition) is 9. The molecule has 2 unspecified atom stereocenters. The van der Waals surface area contributed by atoms with Gasteiger partial charge >= 0.3 is 17.9 Å². The second-order valence-corrected chi connectivity index (χ2v) is 19.1. The van der Waals surface area contributed by atoms with Crippen LogP contribution in [0.3, 0.4) is 0 Å². The molecule has 4 aliphatic carbocycles. The number of fused-ring (bicyclic) bond motifs is 5. The molecule has 5 N–H and O–H groups in total. The van der Waals surface area contributed by atoms with Crippen LogP contribution in [0.5, 0.6) is 5.75 Å². The van der Waals surface area contributed by atoms with Gasteiger partial charge < -0.3 is 26.0 Å². The van der Waals surface area contributed by atoms with Crippen LogP contribution in [-0.4, -0.2) is 52.7 Å². The number of rotatable bonds is 15. The predicted octanol–water partition coefficient (Wildman–Crippen LogP) is 8.28. The van der Waals surface area contributed by atoms with Gasteiger partial charge in [0.15, 0.2) is 0 Å². The number of esters is 2. The molecule has 4 aliphatic rings. The fourth-order valence-electron chi connectivity index (χ4n) is 10.3. The van der Waals surface area contributed by atoms with Gasteiger partial charge in [0, 0.05) is 17.9 Å². The van der Waals surface area contributed by atoms with Gasteiger partial charge in [-0.05, 0) is 103 Å². The Balaban J connectivity index is 1.17. The third kappa shape index (κ3) is 8.61. The van der Waals surface area contributed by atoms with Crippen molar-refractivity contribution in [3.63, 3.8) is 0 Å². The van der Waals surface area contributed by atoms with E-state index in [0.29, 0.717) is 11.3 Å². The molecule has 3 fully saturated rings. The number of hydrogen-bond donors (Lipinski definition) is 3. The lowest BCUT2D eigenvalue weighted by atomic mass is 9.47. The minimum absolute atomic E-state index is 0.123. The third-order valence-electron chi connectivity index (χ3n) is 13.0. The number of ether oxygens (including phenoxy) is 2. The molecule has 1 aromatic carbocycles. The van der Waals surface area contributed by atoms with Gasteiger partial charge in [-0.2, -0.15) is 0 Å². The van der Waals surface area contributed by atoms with Crippen molar-refractivity contribution in [3.8, 4) is 5.75 Å². The molecule has 0 bridgehead atoms. The molecular weight excluding hydrogens is 669 g/mol. The number of aliphatic carboxylic acids is 1. The number of carboxylic acids is 1. The van der Waals surface area contributed by atoms with Gasteiger partial charge in [0.2, 0.25) is 0 Å². The van der Waals surface area contributed by atoms with E-state index in [9.17, 15) is 14.4 Å². The highest BCUT2D eigenvalue weighted by Crippen LogP contribution is 2.67. The summed E-state index contributed by atoms with van der Waals surface area (Å²) in [5, 5.41) is 8.92. The minimum Gasteiger partial charge on any atom is -0.480 e. The summed E-state index contributed by atoms with van der Waals surface area (Å²) in [6.07, 6.45) is 15.5. The molecule has 1 aromatic rings. The zero-order valence-electron chi connectivity index (χ0n) is 30.7. The van der Waals surface area contributed by atoms with Crippen LogP contribution in [0.15, 0.2) is 35.9 Å². The van der Waals surface area contributed by atoms with E-state index in [4.69, 9.17) is 26.0 Å². The summed E-state index contributed by atoms with van der Waals surface area (Å²) in [5.74, 6) is 2.97. The summed E-state index contributed by atoms with van der Waals surface area (Å²) in [4.78, 5) is 37.2. The number of nitrogens with two attached hydrogens (primary N) is 2. The predicted molar refractivity (Wildman–Crippen MR) is 203 cm³/mol. The standard InChI is InChI=1S/C40H60N2O6S2/c1-24(2)9-8-10-25(3)30-15-16-31-28-14-13-26-21-27(17-19-39(26,4)32(28)18-20-40(30,31)5)47-37(45)29-11-6-7-12-35(29)48-38(46)34(42)23-50-49-22-33(41)36(43)44/h6-7,11-13,24-25,27-28,30-34H,8-10,14-23,41-42H2,1-5H3,(H,43,44)/t25-,27?,28+,30-,31+,32+,33?,34+,39+,40-/m1/s1. The first-order chi connectivity index (χ1) is 23.7. The van der Waals surface area contributed by atoms with E-state index in [-0.39, 0.29) is 34.3 Å². The van der Waals surface area contributed by atoms with E-state index in [1.165, 1.54) is 72.1 Å². The zero-order valence-corrected chi connectivity index (χ0v) is 32.4. The highest BCUT2D eigenvalue weighted by Gasteiger charge is 2.59. The van der Waals surface area contributed by atoms with E-state index >= 15 is 0 Å². The van der Waals surface area contributed by atoms with Crippen molar-refractivity contribution in [3.05, 3.63) is 41.5 Å². The lowest BCUT2D eigenvalue weighted by Gasteiger charge is -2.58. The van der Waals surface area contributed by atoms with Crippen LogP contribution >= 0.6 is 21.6 Å². The monoisotopic (exact) mass is 728 g/mol. The Bertz CT molecular complexity index is 1400. The molecule has 0 amide bonds. The van der Waals surface area contributed by atoms with Gasteiger partial charge in [-0.3, -0.25) is 4.79 Å². The molecular formula is C40H60N2O6S2. The summed E-state index contributed by atoms with van der Waals surface area (Å²) >= 11 is 0. The van der Waals surface area contributed by atoms with Crippen LogP contribution in [0.2, 0.25) is 0 Å². The average molecular weight is 729 g/mol. The smallest absolute Gasteiger partial charge is 0.342 e. The largest absolute Gasteiger partial charge is 0.480 e. The molecule has 50 heavy (non-hydrogen) atoms. The normalized spacial score (nSPS) is 32.2. The Morgan fingerprint density at radius 3 is 2.38 bits per heavy atom. The number of benzene rings is 1. The van der Waals surface area contributed by atoms with E-state index in [0.717, 1.165) is 55.3 Å². The number of carboxylic acid groups (broad SMARTS) is 1. The second kappa shape index (κ2) is 16.8. The summed E-state index contributed by atoms with van der Waals surface area (Å²) in [6, 6.07) is 4.68. The van der Waals surface area contributed by atoms with Crippen LogP contribution < -0.4 is 16.2 Å². The quantitative estimate of drug-likeness (QED) is 0.0531.